The molecular weight excluding hydrogens is 352 g/mol. The number of likely N-dealkylation sites (tertiary alicyclic amines) is 1. The second kappa shape index (κ2) is 7.64. The van der Waals surface area contributed by atoms with E-state index in [1.54, 1.807) is 17.1 Å². The lowest BCUT2D eigenvalue weighted by Crippen LogP contribution is -2.38. The van der Waals surface area contributed by atoms with Crippen LogP contribution in [0.25, 0.3) is 10.9 Å². The van der Waals surface area contributed by atoms with Crippen LogP contribution in [0.5, 0.6) is 5.75 Å². The van der Waals surface area contributed by atoms with Crippen molar-refractivity contribution in [3.05, 3.63) is 42.6 Å². The zero-order valence-electron chi connectivity index (χ0n) is 15.3. The molecule has 0 spiro atoms. The van der Waals surface area contributed by atoms with E-state index in [0.29, 0.717) is 0 Å². The number of ether oxygens (including phenoxy) is 1. The molecule has 2 aromatic heterocycles. The third-order valence-corrected chi connectivity index (χ3v) is 5.11. The molecule has 4 rings (SSSR count). The van der Waals surface area contributed by atoms with Crippen molar-refractivity contribution in [2.45, 2.75) is 38.5 Å². The SMILES string of the molecule is Cn1cnnc1CN1CCC(Oc2cccc3c2ccn3CC(F)F)CC1. The van der Waals surface area contributed by atoms with Crippen LogP contribution in [0.1, 0.15) is 18.7 Å². The molecule has 1 fully saturated rings. The maximum absolute atomic E-state index is 12.7. The van der Waals surface area contributed by atoms with E-state index in [-0.39, 0.29) is 12.6 Å². The quantitative estimate of drug-likeness (QED) is 0.664. The average molecular weight is 375 g/mol. The van der Waals surface area contributed by atoms with E-state index in [1.165, 1.54) is 0 Å². The smallest absolute Gasteiger partial charge is 0.256 e. The molecule has 3 heterocycles. The summed E-state index contributed by atoms with van der Waals surface area (Å²) in [5, 5.41) is 8.95. The first-order valence-corrected chi connectivity index (χ1v) is 9.18. The van der Waals surface area contributed by atoms with Gasteiger partial charge in [0.05, 0.1) is 18.6 Å². The molecule has 144 valence electrons. The molecule has 0 N–H and O–H groups in total. The maximum Gasteiger partial charge on any atom is 0.256 e. The Kier molecular flexibility index (Phi) is 5.07. The fraction of sp³-hybridized carbons (Fsp3) is 0.474. The molecule has 0 unspecified atom stereocenters. The lowest BCUT2D eigenvalue weighted by Gasteiger charge is -2.31. The van der Waals surface area contributed by atoms with Gasteiger partial charge in [0.1, 0.15) is 24.0 Å². The number of nitrogens with zero attached hydrogens (tertiary/aromatic N) is 5. The summed E-state index contributed by atoms with van der Waals surface area (Å²) >= 11 is 0. The first-order valence-electron chi connectivity index (χ1n) is 9.18. The summed E-state index contributed by atoms with van der Waals surface area (Å²) in [5.41, 5.74) is 0.785. The van der Waals surface area contributed by atoms with Crippen LogP contribution in [-0.4, -0.2) is 49.9 Å². The second-order valence-electron chi connectivity index (χ2n) is 7.00. The van der Waals surface area contributed by atoms with Crippen molar-refractivity contribution in [3.8, 4) is 5.75 Å². The highest BCUT2D eigenvalue weighted by Gasteiger charge is 2.22. The highest BCUT2D eigenvalue weighted by atomic mass is 19.3. The number of alkyl halides is 2. The van der Waals surface area contributed by atoms with Gasteiger partial charge in [-0.15, -0.1) is 10.2 Å². The lowest BCUT2D eigenvalue weighted by atomic mass is 10.1. The van der Waals surface area contributed by atoms with E-state index in [4.69, 9.17) is 4.74 Å². The third-order valence-electron chi connectivity index (χ3n) is 5.11. The van der Waals surface area contributed by atoms with Gasteiger partial charge in [-0.05, 0) is 31.0 Å². The van der Waals surface area contributed by atoms with E-state index in [2.05, 4.69) is 15.1 Å². The normalized spacial score (nSPS) is 16.4. The van der Waals surface area contributed by atoms with Gasteiger partial charge in [0.15, 0.2) is 0 Å². The van der Waals surface area contributed by atoms with Gasteiger partial charge in [0.2, 0.25) is 0 Å². The van der Waals surface area contributed by atoms with Crippen LogP contribution >= 0.6 is 0 Å². The molecule has 0 atom stereocenters. The van der Waals surface area contributed by atoms with Gasteiger partial charge in [-0.25, -0.2) is 8.78 Å². The molecule has 1 aromatic carbocycles. The molecule has 1 aliphatic heterocycles. The molecule has 1 saturated heterocycles. The monoisotopic (exact) mass is 375 g/mol. The minimum Gasteiger partial charge on any atom is -0.490 e. The third kappa shape index (κ3) is 3.95. The first kappa shape index (κ1) is 17.9. The molecule has 0 radical (unpaired) electrons. The number of hydrogen-bond acceptors (Lipinski definition) is 4. The predicted octanol–water partition coefficient (Wildman–Crippen LogP) is 3.08. The van der Waals surface area contributed by atoms with Crippen LogP contribution in [0.15, 0.2) is 36.8 Å². The second-order valence-corrected chi connectivity index (χ2v) is 7.00. The van der Waals surface area contributed by atoms with Crippen LogP contribution in [0.3, 0.4) is 0 Å². The summed E-state index contributed by atoms with van der Waals surface area (Å²) in [6.45, 7) is 2.35. The number of fused-ring (bicyclic) bond motifs is 1. The molecule has 8 heteroatoms. The minimum absolute atomic E-state index is 0.129. The van der Waals surface area contributed by atoms with E-state index in [0.717, 1.165) is 55.0 Å². The summed E-state index contributed by atoms with van der Waals surface area (Å²) < 4.78 is 35.2. The number of piperidine rings is 1. The molecule has 0 aliphatic carbocycles. The first-order chi connectivity index (χ1) is 13.1. The highest BCUT2D eigenvalue weighted by Crippen LogP contribution is 2.29. The zero-order chi connectivity index (χ0) is 18.8. The van der Waals surface area contributed by atoms with Gasteiger partial charge < -0.3 is 13.9 Å². The number of hydrogen-bond donors (Lipinski definition) is 0. The Morgan fingerprint density at radius 1 is 1.22 bits per heavy atom. The zero-order valence-corrected chi connectivity index (χ0v) is 15.3. The Labute approximate surface area is 156 Å². The molecule has 27 heavy (non-hydrogen) atoms. The number of aromatic nitrogens is 4. The number of benzene rings is 1. The Balaban J connectivity index is 1.39. The van der Waals surface area contributed by atoms with Gasteiger partial charge in [0, 0.05) is 31.7 Å². The number of halogens is 2. The topological polar surface area (TPSA) is 48.1 Å². The van der Waals surface area contributed by atoms with Crippen LogP contribution in [0, 0.1) is 0 Å². The van der Waals surface area contributed by atoms with Crippen molar-refractivity contribution in [2.75, 3.05) is 13.1 Å². The van der Waals surface area contributed by atoms with E-state index >= 15 is 0 Å². The van der Waals surface area contributed by atoms with E-state index < -0.39 is 6.43 Å². The van der Waals surface area contributed by atoms with E-state index in [1.807, 2.05) is 35.9 Å². The van der Waals surface area contributed by atoms with Crippen molar-refractivity contribution in [2.24, 2.45) is 7.05 Å². The summed E-state index contributed by atoms with van der Waals surface area (Å²) in [7, 11) is 1.95. The summed E-state index contributed by atoms with van der Waals surface area (Å²) in [6.07, 6.45) is 3.02. The van der Waals surface area contributed by atoms with Crippen LogP contribution in [-0.2, 0) is 20.1 Å². The Morgan fingerprint density at radius 2 is 2.04 bits per heavy atom. The number of aryl methyl sites for hydroxylation is 1. The average Bonchev–Trinajstić information content (AvgIpc) is 3.24. The Morgan fingerprint density at radius 3 is 2.74 bits per heavy atom. The van der Waals surface area contributed by atoms with Gasteiger partial charge in [-0.2, -0.15) is 0 Å². The fourth-order valence-corrected chi connectivity index (χ4v) is 3.62. The molecule has 0 bridgehead atoms. The lowest BCUT2D eigenvalue weighted by molar-refractivity contribution is 0.0960. The van der Waals surface area contributed by atoms with Gasteiger partial charge in [0.25, 0.3) is 6.43 Å². The Hall–Kier alpha value is -2.48. The van der Waals surface area contributed by atoms with Crippen molar-refractivity contribution in [1.82, 2.24) is 24.2 Å². The fourth-order valence-electron chi connectivity index (χ4n) is 3.62. The summed E-state index contributed by atoms with van der Waals surface area (Å²) in [5.74, 6) is 1.73. The largest absolute Gasteiger partial charge is 0.490 e. The van der Waals surface area contributed by atoms with Gasteiger partial charge in [-0.1, -0.05) is 6.07 Å². The molecular formula is C19H23F2N5O. The van der Waals surface area contributed by atoms with Crippen molar-refractivity contribution < 1.29 is 13.5 Å². The Bertz CT molecular complexity index is 899. The van der Waals surface area contributed by atoms with Crippen LogP contribution < -0.4 is 4.74 Å². The van der Waals surface area contributed by atoms with Crippen molar-refractivity contribution in [3.63, 3.8) is 0 Å². The van der Waals surface area contributed by atoms with Crippen molar-refractivity contribution in [1.29, 1.82) is 0 Å². The molecule has 0 saturated carbocycles. The van der Waals surface area contributed by atoms with Crippen LogP contribution in [0.4, 0.5) is 8.78 Å². The predicted molar refractivity (Wildman–Crippen MR) is 97.9 cm³/mol. The van der Waals surface area contributed by atoms with Gasteiger partial charge >= 0.3 is 0 Å². The molecule has 1 aliphatic rings. The molecule has 3 aromatic rings. The minimum atomic E-state index is -2.37. The standard InChI is InChI=1S/C19H23F2N5O/c1-24-13-22-23-19(24)12-25-8-5-14(6-9-25)27-17-4-2-3-16-15(17)7-10-26(16)11-18(20)21/h2-4,7,10,13-14,18H,5-6,8-9,11-12H2,1H3. The number of rotatable bonds is 6. The van der Waals surface area contributed by atoms with Gasteiger partial charge in [-0.3, -0.25) is 4.90 Å². The van der Waals surface area contributed by atoms with Crippen LogP contribution in [0.2, 0.25) is 0 Å². The molecule has 6 nitrogen and oxygen atoms in total. The summed E-state index contributed by atoms with van der Waals surface area (Å²) in [4.78, 5) is 2.35. The highest BCUT2D eigenvalue weighted by molar-refractivity contribution is 5.86. The molecule has 0 amide bonds. The van der Waals surface area contributed by atoms with E-state index in [9.17, 15) is 8.78 Å². The summed E-state index contributed by atoms with van der Waals surface area (Å²) in [6, 6.07) is 7.49. The maximum atomic E-state index is 12.7. The van der Waals surface area contributed by atoms with Crippen molar-refractivity contribution >= 4 is 10.9 Å².